The average molecular weight is 361 g/mol. The van der Waals surface area contributed by atoms with E-state index in [1.165, 1.54) is 11.8 Å². The summed E-state index contributed by atoms with van der Waals surface area (Å²) < 4.78 is 7.54. The van der Waals surface area contributed by atoms with Crippen molar-refractivity contribution in [1.29, 1.82) is 0 Å². The van der Waals surface area contributed by atoms with Crippen LogP contribution in [0.5, 0.6) is 5.75 Å². The number of rotatable bonds is 8. The number of likely N-dealkylation sites (N-methyl/N-ethyl adjacent to an activating group) is 1. The smallest absolute Gasteiger partial charge is 0.235 e. The van der Waals surface area contributed by atoms with Crippen molar-refractivity contribution in [3.63, 3.8) is 0 Å². The molecule has 0 radical (unpaired) electrons. The van der Waals surface area contributed by atoms with Crippen molar-refractivity contribution in [2.24, 2.45) is 0 Å². The minimum absolute atomic E-state index is 0.0446. The number of carbonyl (C=O) groups excluding carboxylic acids is 1. The van der Waals surface area contributed by atoms with E-state index in [9.17, 15) is 4.79 Å². The molecule has 1 aliphatic rings. The Bertz CT molecular complexity index is 731. The van der Waals surface area contributed by atoms with Gasteiger partial charge in [-0.05, 0) is 54.8 Å². The SMILES string of the molecule is Cc1cccc(OCCN(C)C(=O)C(C)Sc2nnnn2C2CC2)c1. The maximum Gasteiger partial charge on any atom is 0.235 e. The molecule has 0 spiro atoms. The molecule has 1 fully saturated rings. The summed E-state index contributed by atoms with van der Waals surface area (Å²) in [5.41, 5.74) is 1.15. The van der Waals surface area contributed by atoms with Crippen LogP contribution in [0, 0.1) is 6.92 Å². The van der Waals surface area contributed by atoms with Gasteiger partial charge in [-0.15, -0.1) is 5.10 Å². The van der Waals surface area contributed by atoms with Gasteiger partial charge in [0.25, 0.3) is 0 Å². The van der Waals surface area contributed by atoms with Crippen molar-refractivity contribution in [3.05, 3.63) is 29.8 Å². The van der Waals surface area contributed by atoms with Crippen molar-refractivity contribution in [2.45, 2.75) is 43.1 Å². The molecule has 3 rings (SSSR count). The predicted octanol–water partition coefficient (Wildman–Crippen LogP) is 2.33. The zero-order valence-electron chi connectivity index (χ0n) is 14.8. The van der Waals surface area contributed by atoms with E-state index >= 15 is 0 Å². The molecule has 134 valence electrons. The molecule has 1 saturated carbocycles. The molecule has 1 aromatic heterocycles. The van der Waals surface area contributed by atoms with Crippen LogP contribution in [0.25, 0.3) is 0 Å². The molecule has 1 aromatic carbocycles. The fraction of sp³-hybridized carbons (Fsp3) is 0.529. The summed E-state index contributed by atoms with van der Waals surface area (Å²) in [5, 5.41) is 12.3. The second-order valence-electron chi connectivity index (χ2n) is 6.32. The standard InChI is InChI=1S/C17H23N5O2S/c1-12-5-4-6-15(11-12)24-10-9-21(3)16(23)13(2)25-17-18-19-20-22(17)14-7-8-14/h4-6,11,13-14H,7-10H2,1-3H3. The maximum atomic E-state index is 12.5. The lowest BCUT2D eigenvalue weighted by Gasteiger charge is -2.21. The number of aromatic nitrogens is 4. The molecule has 1 atom stereocenters. The number of nitrogens with zero attached hydrogens (tertiary/aromatic N) is 5. The van der Waals surface area contributed by atoms with Gasteiger partial charge in [-0.25, -0.2) is 4.68 Å². The van der Waals surface area contributed by atoms with Crippen LogP contribution in [0.1, 0.15) is 31.4 Å². The van der Waals surface area contributed by atoms with E-state index in [0.29, 0.717) is 24.3 Å². The average Bonchev–Trinajstić information content (AvgIpc) is 3.33. The van der Waals surface area contributed by atoms with Gasteiger partial charge in [0.1, 0.15) is 12.4 Å². The van der Waals surface area contributed by atoms with Gasteiger partial charge < -0.3 is 9.64 Å². The number of thioether (sulfide) groups is 1. The highest BCUT2D eigenvalue weighted by Crippen LogP contribution is 2.37. The van der Waals surface area contributed by atoms with E-state index in [0.717, 1.165) is 24.2 Å². The number of carbonyl (C=O) groups is 1. The van der Waals surface area contributed by atoms with E-state index in [1.807, 2.05) is 42.8 Å². The van der Waals surface area contributed by atoms with E-state index in [4.69, 9.17) is 4.74 Å². The van der Waals surface area contributed by atoms with Gasteiger partial charge in [0.2, 0.25) is 11.1 Å². The van der Waals surface area contributed by atoms with Crippen LogP contribution in [-0.2, 0) is 4.79 Å². The van der Waals surface area contributed by atoms with E-state index < -0.39 is 0 Å². The summed E-state index contributed by atoms with van der Waals surface area (Å²) in [6, 6.07) is 8.29. The predicted molar refractivity (Wildman–Crippen MR) is 95.7 cm³/mol. The molecule has 0 aliphatic heterocycles. The zero-order chi connectivity index (χ0) is 17.8. The van der Waals surface area contributed by atoms with Crippen molar-refractivity contribution in [2.75, 3.05) is 20.2 Å². The molecule has 1 heterocycles. The Morgan fingerprint density at radius 3 is 3.00 bits per heavy atom. The number of hydrogen-bond acceptors (Lipinski definition) is 6. The third-order valence-corrected chi connectivity index (χ3v) is 5.08. The van der Waals surface area contributed by atoms with Gasteiger partial charge in [0.15, 0.2) is 0 Å². The topological polar surface area (TPSA) is 73.1 Å². The lowest BCUT2D eigenvalue weighted by molar-refractivity contribution is -0.129. The first-order valence-electron chi connectivity index (χ1n) is 8.43. The second kappa shape index (κ2) is 7.86. The first-order chi connectivity index (χ1) is 12.0. The first kappa shape index (κ1) is 17.7. The lowest BCUT2D eigenvalue weighted by atomic mass is 10.2. The fourth-order valence-electron chi connectivity index (χ4n) is 2.45. The molecule has 7 nitrogen and oxygen atoms in total. The monoisotopic (exact) mass is 361 g/mol. The van der Waals surface area contributed by atoms with E-state index in [2.05, 4.69) is 15.5 Å². The Morgan fingerprint density at radius 2 is 2.28 bits per heavy atom. The molecule has 1 amide bonds. The Balaban J connectivity index is 1.47. The van der Waals surface area contributed by atoms with Crippen LogP contribution in [0.3, 0.4) is 0 Å². The van der Waals surface area contributed by atoms with Crippen molar-refractivity contribution < 1.29 is 9.53 Å². The van der Waals surface area contributed by atoms with Gasteiger partial charge in [0, 0.05) is 7.05 Å². The summed E-state index contributed by atoms with van der Waals surface area (Å²) >= 11 is 1.41. The highest BCUT2D eigenvalue weighted by Gasteiger charge is 2.30. The van der Waals surface area contributed by atoms with E-state index in [1.54, 1.807) is 11.9 Å². The first-order valence-corrected chi connectivity index (χ1v) is 9.31. The summed E-state index contributed by atoms with van der Waals surface area (Å²) in [6.45, 7) is 4.90. The third kappa shape index (κ3) is 4.72. The molecule has 0 saturated heterocycles. The quantitative estimate of drug-likeness (QED) is 0.672. The lowest BCUT2D eigenvalue weighted by Crippen LogP contribution is -2.36. The molecular weight excluding hydrogens is 338 g/mol. The number of ether oxygens (including phenoxy) is 1. The fourth-order valence-corrected chi connectivity index (χ4v) is 3.42. The number of benzene rings is 1. The molecule has 1 aliphatic carbocycles. The van der Waals surface area contributed by atoms with Crippen LogP contribution >= 0.6 is 11.8 Å². The molecular formula is C17H23N5O2S. The van der Waals surface area contributed by atoms with Crippen molar-refractivity contribution >= 4 is 17.7 Å². The van der Waals surface area contributed by atoms with Gasteiger partial charge in [-0.2, -0.15) is 0 Å². The van der Waals surface area contributed by atoms with Gasteiger partial charge in [-0.1, -0.05) is 23.9 Å². The Labute approximate surface area is 151 Å². The maximum absolute atomic E-state index is 12.5. The van der Waals surface area contributed by atoms with Crippen LogP contribution in [0.4, 0.5) is 0 Å². The Morgan fingerprint density at radius 1 is 1.48 bits per heavy atom. The van der Waals surface area contributed by atoms with E-state index in [-0.39, 0.29) is 11.2 Å². The number of tetrazole rings is 1. The number of hydrogen-bond donors (Lipinski definition) is 0. The number of aryl methyl sites for hydroxylation is 1. The molecule has 25 heavy (non-hydrogen) atoms. The van der Waals surface area contributed by atoms with Gasteiger partial charge >= 0.3 is 0 Å². The molecule has 8 heteroatoms. The van der Waals surface area contributed by atoms with Gasteiger partial charge in [-0.3, -0.25) is 4.79 Å². The van der Waals surface area contributed by atoms with Crippen LogP contribution in [0.2, 0.25) is 0 Å². The highest BCUT2D eigenvalue weighted by atomic mass is 32.2. The summed E-state index contributed by atoms with van der Waals surface area (Å²) in [7, 11) is 1.79. The Kier molecular flexibility index (Phi) is 5.57. The highest BCUT2D eigenvalue weighted by molar-refractivity contribution is 8.00. The summed E-state index contributed by atoms with van der Waals surface area (Å²) in [5.74, 6) is 0.870. The molecule has 0 N–H and O–H groups in total. The third-order valence-electron chi connectivity index (χ3n) is 4.05. The Hall–Kier alpha value is -2.09. The minimum Gasteiger partial charge on any atom is -0.492 e. The summed E-state index contributed by atoms with van der Waals surface area (Å²) in [6.07, 6.45) is 2.22. The number of amides is 1. The van der Waals surface area contributed by atoms with Crippen LogP contribution < -0.4 is 4.74 Å². The summed E-state index contributed by atoms with van der Waals surface area (Å²) in [4.78, 5) is 14.2. The van der Waals surface area contributed by atoms with Crippen LogP contribution in [-0.4, -0.2) is 56.5 Å². The van der Waals surface area contributed by atoms with Crippen molar-refractivity contribution in [1.82, 2.24) is 25.1 Å². The van der Waals surface area contributed by atoms with Crippen LogP contribution in [0.15, 0.2) is 29.4 Å². The molecule has 0 bridgehead atoms. The minimum atomic E-state index is -0.243. The second-order valence-corrected chi connectivity index (χ2v) is 7.63. The molecule has 2 aromatic rings. The van der Waals surface area contributed by atoms with Gasteiger partial charge in [0.05, 0.1) is 17.8 Å². The largest absolute Gasteiger partial charge is 0.492 e. The van der Waals surface area contributed by atoms with Crippen molar-refractivity contribution in [3.8, 4) is 5.75 Å². The zero-order valence-corrected chi connectivity index (χ0v) is 15.6. The normalized spacial score (nSPS) is 15.0. The molecule has 1 unspecified atom stereocenters.